The van der Waals surface area contributed by atoms with E-state index in [4.69, 9.17) is 4.74 Å². The van der Waals surface area contributed by atoms with Gasteiger partial charge in [0.25, 0.3) is 0 Å². The van der Waals surface area contributed by atoms with E-state index in [1.54, 1.807) is 7.11 Å². The van der Waals surface area contributed by atoms with Crippen molar-refractivity contribution in [3.8, 4) is 0 Å². The summed E-state index contributed by atoms with van der Waals surface area (Å²) in [6.07, 6.45) is 2.72. The lowest BCUT2D eigenvalue weighted by Gasteiger charge is -2.23. The van der Waals surface area contributed by atoms with Crippen LogP contribution < -0.4 is 5.32 Å². The predicted molar refractivity (Wildman–Crippen MR) is 66.7 cm³/mol. The molecule has 88 valence electrons. The number of nitrogens with one attached hydrogen (secondary N) is 1. The second kappa shape index (κ2) is 5.46. The minimum atomic E-state index is 0.196. The molecule has 1 N–H and O–H groups in total. The lowest BCUT2D eigenvalue weighted by Crippen LogP contribution is -2.26. The molecule has 2 heteroatoms. The normalized spacial score (nSPS) is 19.6. The maximum Gasteiger partial charge on any atom is 0.0793 e. The Balaban J connectivity index is 2.06. The van der Waals surface area contributed by atoms with Gasteiger partial charge in [0.15, 0.2) is 0 Å². The first-order chi connectivity index (χ1) is 7.81. The zero-order chi connectivity index (χ0) is 11.4. The average Bonchev–Trinajstić information content (AvgIpc) is 2.39. The minimum Gasteiger partial charge on any atom is -0.377 e. The Morgan fingerprint density at radius 3 is 2.38 bits per heavy atom. The van der Waals surface area contributed by atoms with Crippen LogP contribution in [-0.4, -0.2) is 20.2 Å². The molecule has 1 aromatic rings. The molecule has 0 aromatic heterocycles. The first-order valence-corrected chi connectivity index (χ1v) is 6.14. The highest BCUT2D eigenvalue weighted by molar-refractivity contribution is 5.27. The fourth-order valence-corrected chi connectivity index (χ4v) is 2.33. The van der Waals surface area contributed by atoms with Gasteiger partial charge in [0.1, 0.15) is 0 Å². The molecule has 0 aliphatic carbocycles. The number of benzene rings is 1. The van der Waals surface area contributed by atoms with Gasteiger partial charge in [-0.05, 0) is 49.9 Å². The van der Waals surface area contributed by atoms with E-state index < -0.39 is 0 Å². The molecule has 1 aromatic carbocycles. The van der Waals surface area contributed by atoms with E-state index in [1.807, 2.05) is 0 Å². The van der Waals surface area contributed by atoms with Crippen LogP contribution in [0.2, 0.25) is 0 Å². The van der Waals surface area contributed by atoms with E-state index in [9.17, 15) is 0 Å². The van der Waals surface area contributed by atoms with Crippen molar-refractivity contribution in [3.05, 3.63) is 35.4 Å². The summed E-state index contributed by atoms with van der Waals surface area (Å²) in [6.45, 7) is 4.39. The monoisotopic (exact) mass is 219 g/mol. The van der Waals surface area contributed by atoms with Gasteiger partial charge in [0.2, 0.25) is 0 Å². The van der Waals surface area contributed by atoms with Crippen molar-refractivity contribution in [2.24, 2.45) is 0 Å². The summed E-state index contributed by atoms with van der Waals surface area (Å²) in [5.74, 6) is 0.744. The Kier molecular flexibility index (Phi) is 3.97. The Morgan fingerprint density at radius 2 is 1.81 bits per heavy atom. The standard InChI is InChI=1S/C14H21NO/c1-11(16-2)12-3-5-13(6-4-12)14-7-9-15-10-8-14/h3-6,11,14-15H,7-10H2,1-2H3. The van der Waals surface area contributed by atoms with Gasteiger partial charge in [-0.3, -0.25) is 0 Å². The molecule has 1 fully saturated rings. The van der Waals surface area contributed by atoms with Gasteiger partial charge in [-0.25, -0.2) is 0 Å². The zero-order valence-electron chi connectivity index (χ0n) is 10.2. The highest BCUT2D eigenvalue weighted by Crippen LogP contribution is 2.26. The third kappa shape index (κ3) is 2.63. The van der Waals surface area contributed by atoms with Gasteiger partial charge in [0.05, 0.1) is 6.10 Å². The first kappa shape index (κ1) is 11.6. The van der Waals surface area contributed by atoms with Gasteiger partial charge < -0.3 is 10.1 Å². The molecule has 0 saturated carbocycles. The minimum absolute atomic E-state index is 0.196. The topological polar surface area (TPSA) is 21.3 Å². The lowest BCUT2D eigenvalue weighted by molar-refractivity contribution is 0.119. The van der Waals surface area contributed by atoms with Crippen molar-refractivity contribution in [2.75, 3.05) is 20.2 Å². The van der Waals surface area contributed by atoms with E-state index in [2.05, 4.69) is 36.5 Å². The molecule has 1 aliphatic rings. The summed E-state index contributed by atoms with van der Waals surface area (Å²) in [7, 11) is 1.76. The van der Waals surface area contributed by atoms with Gasteiger partial charge in [0, 0.05) is 7.11 Å². The van der Waals surface area contributed by atoms with Gasteiger partial charge in [-0.15, -0.1) is 0 Å². The molecular weight excluding hydrogens is 198 g/mol. The van der Waals surface area contributed by atoms with Crippen LogP contribution in [0.25, 0.3) is 0 Å². The van der Waals surface area contributed by atoms with E-state index in [1.165, 1.54) is 24.0 Å². The highest BCUT2D eigenvalue weighted by atomic mass is 16.5. The van der Waals surface area contributed by atoms with Crippen LogP contribution in [0.5, 0.6) is 0 Å². The quantitative estimate of drug-likeness (QED) is 0.844. The number of piperidine rings is 1. The van der Waals surface area contributed by atoms with E-state index >= 15 is 0 Å². The summed E-state index contributed by atoms with van der Waals surface area (Å²) < 4.78 is 5.31. The third-order valence-corrected chi connectivity index (χ3v) is 3.57. The largest absolute Gasteiger partial charge is 0.377 e. The Morgan fingerprint density at radius 1 is 1.19 bits per heavy atom. The maximum atomic E-state index is 5.31. The zero-order valence-corrected chi connectivity index (χ0v) is 10.2. The highest BCUT2D eigenvalue weighted by Gasteiger charge is 2.15. The first-order valence-electron chi connectivity index (χ1n) is 6.14. The van der Waals surface area contributed by atoms with E-state index in [0.29, 0.717) is 0 Å². The molecule has 1 saturated heterocycles. The molecule has 1 unspecified atom stereocenters. The fourth-order valence-electron chi connectivity index (χ4n) is 2.33. The molecule has 0 bridgehead atoms. The van der Waals surface area contributed by atoms with Crippen LogP contribution >= 0.6 is 0 Å². The van der Waals surface area contributed by atoms with Crippen molar-refractivity contribution >= 4 is 0 Å². The summed E-state index contributed by atoms with van der Waals surface area (Å²) in [6, 6.07) is 8.93. The number of ether oxygens (including phenoxy) is 1. The van der Waals surface area contributed by atoms with Crippen molar-refractivity contribution in [2.45, 2.75) is 31.8 Å². The SMILES string of the molecule is COC(C)c1ccc(C2CCNCC2)cc1. The van der Waals surface area contributed by atoms with Crippen molar-refractivity contribution in [1.29, 1.82) is 0 Å². The number of rotatable bonds is 3. The van der Waals surface area contributed by atoms with E-state index in [-0.39, 0.29) is 6.10 Å². The van der Waals surface area contributed by atoms with Crippen LogP contribution in [0.15, 0.2) is 24.3 Å². The molecule has 1 aliphatic heterocycles. The molecule has 2 rings (SSSR count). The van der Waals surface area contributed by atoms with Crippen LogP contribution in [0.3, 0.4) is 0 Å². The molecule has 0 radical (unpaired) electrons. The number of methoxy groups -OCH3 is 1. The van der Waals surface area contributed by atoms with Crippen molar-refractivity contribution in [3.63, 3.8) is 0 Å². The Labute approximate surface area is 98.0 Å². The fraction of sp³-hybridized carbons (Fsp3) is 0.571. The molecular formula is C14H21NO. The molecule has 1 atom stereocenters. The molecule has 1 heterocycles. The van der Waals surface area contributed by atoms with Crippen LogP contribution in [0, 0.1) is 0 Å². The van der Waals surface area contributed by atoms with Gasteiger partial charge >= 0.3 is 0 Å². The van der Waals surface area contributed by atoms with Crippen molar-refractivity contribution in [1.82, 2.24) is 5.32 Å². The Bertz CT molecular complexity index is 314. The molecule has 0 amide bonds. The van der Waals surface area contributed by atoms with Gasteiger partial charge in [-0.1, -0.05) is 24.3 Å². The third-order valence-electron chi connectivity index (χ3n) is 3.57. The second-order valence-electron chi connectivity index (χ2n) is 4.57. The summed E-state index contributed by atoms with van der Waals surface area (Å²) in [5.41, 5.74) is 2.74. The van der Waals surface area contributed by atoms with E-state index in [0.717, 1.165) is 19.0 Å². The smallest absolute Gasteiger partial charge is 0.0793 e. The number of hydrogen-bond acceptors (Lipinski definition) is 2. The lowest BCUT2D eigenvalue weighted by atomic mass is 9.89. The van der Waals surface area contributed by atoms with Crippen molar-refractivity contribution < 1.29 is 4.74 Å². The van der Waals surface area contributed by atoms with Crippen LogP contribution in [-0.2, 0) is 4.74 Å². The van der Waals surface area contributed by atoms with Crippen LogP contribution in [0.1, 0.15) is 42.9 Å². The molecule has 0 spiro atoms. The summed E-state index contributed by atoms with van der Waals surface area (Å²) in [5, 5.41) is 3.40. The predicted octanol–water partition coefficient (Wildman–Crippen LogP) is 2.86. The molecule has 16 heavy (non-hydrogen) atoms. The number of hydrogen-bond donors (Lipinski definition) is 1. The Hall–Kier alpha value is -0.860. The van der Waals surface area contributed by atoms with Gasteiger partial charge in [-0.2, -0.15) is 0 Å². The van der Waals surface area contributed by atoms with Crippen LogP contribution in [0.4, 0.5) is 0 Å². The molecule has 2 nitrogen and oxygen atoms in total. The second-order valence-corrected chi connectivity index (χ2v) is 4.57. The average molecular weight is 219 g/mol. The maximum absolute atomic E-state index is 5.31. The summed E-state index contributed by atoms with van der Waals surface area (Å²) in [4.78, 5) is 0. The summed E-state index contributed by atoms with van der Waals surface area (Å²) >= 11 is 0.